The molecule has 0 bridgehead atoms. The molecule has 1 aliphatic heterocycles. The third-order valence-corrected chi connectivity index (χ3v) is 4.57. The van der Waals surface area contributed by atoms with Crippen molar-refractivity contribution in [1.82, 2.24) is 9.88 Å². The van der Waals surface area contributed by atoms with Gasteiger partial charge in [0.05, 0.1) is 39.3 Å². The Morgan fingerprint density at radius 2 is 2.04 bits per heavy atom. The molecule has 7 nitrogen and oxygen atoms in total. The second kappa shape index (κ2) is 7.64. The van der Waals surface area contributed by atoms with E-state index in [0.717, 1.165) is 16.8 Å². The summed E-state index contributed by atoms with van der Waals surface area (Å²) in [5.74, 6) is 1.90. The van der Waals surface area contributed by atoms with Crippen LogP contribution in [0.1, 0.15) is 16.1 Å². The zero-order chi connectivity index (χ0) is 19.5. The summed E-state index contributed by atoms with van der Waals surface area (Å²) in [5.41, 5.74) is 2.44. The monoisotopic (exact) mass is 380 g/mol. The number of hydrogen-bond donors (Lipinski definition) is 0. The standard InChI is InChI=1S/C21H20N2O5/c1-25-18-12-14(16-5-3-7-19(22-16)26-2)11-15-13-23(8-10-28-20(15)18)21(24)17-6-4-9-27-17/h3-7,9,11-12H,8,10,13H2,1-2H3. The van der Waals surface area contributed by atoms with E-state index >= 15 is 0 Å². The van der Waals surface area contributed by atoms with E-state index in [1.54, 1.807) is 37.3 Å². The van der Waals surface area contributed by atoms with E-state index in [-0.39, 0.29) is 5.91 Å². The predicted molar refractivity (Wildman–Crippen MR) is 102 cm³/mol. The van der Waals surface area contributed by atoms with Crippen molar-refractivity contribution in [3.05, 3.63) is 60.1 Å². The number of ether oxygens (including phenoxy) is 3. The number of nitrogens with zero attached hydrogens (tertiary/aromatic N) is 2. The molecule has 4 rings (SSSR count). The van der Waals surface area contributed by atoms with Crippen LogP contribution < -0.4 is 14.2 Å². The lowest BCUT2D eigenvalue weighted by Crippen LogP contribution is -2.32. The van der Waals surface area contributed by atoms with E-state index in [1.165, 1.54) is 6.26 Å². The molecule has 0 N–H and O–H groups in total. The molecule has 0 atom stereocenters. The van der Waals surface area contributed by atoms with Gasteiger partial charge in [0.2, 0.25) is 5.88 Å². The SMILES string of the molecule is COc1cccc(-c2cc3c(c(OC)c2)OCCN(C(=O)c2ccco2)C3)n1. The minimum absolute atomic E-state index is 0.176. The zero-order valence-electron chi connectivity index (χ0n) is 15.7. The number of aromatic nitrogens is 1. The second-order valence-corrected chi connectivity index (χ2v) is 6.28. The Kier molecular flexibility index (Phi) is 4.89. The van der Waals surface area contributed by atoms with E-state index in [0.29, 0.717) is 42.8 Å². The highest BCUT2D eigenvalue weighted by Gasteiger charge is 2.25. The molecule has 0 radical (unpaired) electrons. The van der Waals surface area contributed by atoms with Crippen LogP contribution in [0.5, 0.6) is 17.4 Å². The first-order chi connectivity index (χ1) is 13.7. The lowest BCUT2D eigenvalue weighted by atomic mass is 10.0. The maximum Gasteiger partial charge on any atom is 0.289 e. The van der Waals surface area contributed by atoms with Crippen LogP contribution in [0.2, 0.25) is 0 Å². The number of furan rings is 1. The van der Waals surface area contributed by atoms with Crippen LogP contribution >= 0.6 is 0 Å². The van der Waals surface area contributed by atoms with Gasteiger partial charge in [-0.1, -0.05) is 6.07 Å². The Hall–Kier alpha value is -3.48. The Labute approximate surface area is 162 Å². The summed E-state index contributed by atoms with van der Waals surface area (Å²) in [7, 11) is 3.17. The van der Waals surface area contributed by atoms with Crippen molar-refractivity contribution in [3.8, 4) is 28.6 Å². The summed E-state index contributed by atoms with van der Waals surface area (Å²) >= 11 is 0. The third kappa shape index (κ3) is 3.38. The summed E-state index contributed by atoms with van der Waals surface area (Å²) in [6.45, 7) is 1.19. The van der Waals surface area contributed by atoms with E-state index < -0.39 is 0 Å². The normalized spacial score (nSPS) is 13.3. The van der Waals surface area contributed by atoms with Crippen molar-refractivity contribution in [2.75, 3.05) is 27.4 Å². The highest BCUT2D eigenvalue weighted by Crippen LogP contribution is 2.38. The number of pyridine rings is 1. The lowest BCUT2D eigenvalue weighted by molar-refractivity contribution is 0.0701. The van der Waals surface area contributed by atoms with Gasteiger partial charge in [0.15, 0.2) is 17.3 Å². The van der Waals surface area contributed by atoms with Gasteiger partial charge >= 0.3 is 0 Å². The average Bonchev–Trinajstić information content (AvgIpc) is 3.19. The zero-order valence-corrected chi connectivity index (χ0v) is 15.7. The van der Waals surface area contributed by atoms with E-state index in [9.17, 15) is 4.79 Å². The van der Waals surface area contributed by atoms with Gasteiger partial charge < -0.3 is 23.5 Å². The highest BCUT2D eigenvalue weighted by molar-refractivity contribution is 5.91. The van der Waals surface area contributed by atoms with Crippen molar-refractivity contribution in [1.29, 1.82) is 0 Å². The van der Waals surface area contributed by atoms with Crippen LogP contribution in [-0.4, -0.2) is 43.2 Å². The number of fused-ring (bicyclic) bond motifs is 1. The van der Waals surface area contributed by atoms with Gasteiger partial charge in [-0.15, -0.1) is 0 Å². The summed E-state index contributed by atoms with van der Waals surface area (Å²) in [4.78, 5) is 18.9. The molecule has 3 heterocycles. The van der Waals surface area contributed by atoms with Crippen molar-refractivity contribution in [2.24, 2.45) is 0 Å². The first-order valence-electron chi connectivity index (χ1n) is 8.87. The molecule has 1 aliphatic rings. The fourth-order valence-corrected chi connectivity index (χ4v) is 3.20. The number of rotatable bonds is 4. The van der Waals surface area contributed by atoms with Gasteiger partial charge in [-0.2, -0.15) is 0 Å². The summed E-state index contributed by atoms with van der Waals surface area (Å²) in [6.07, 6.45) is 1.49. The van der Waals surface area contributed by atoms with E-state index in [1.807, 2.05) is 24.3 Å². The van der Waals surface area contributed by atoms with Crippen LogP contribution in [0, 0.1) is 0 Å². The number of carbonyl (C=O) groups is 1. The van der Waals surface area contributed by atoms with Crippen molar-refractivity contribution >= 4 is 5.91 Å². The van der Waals surface area contributed by atoms with Crippen molar-refractivity contribution in [2.45, 2.75) is 6.54 Å². The van der Waals surface area contributed by atoms with Gasteiger partial charge in [0, 0.05) is 17.2 Å². The molecule has 28 heavy (non-hydrogen) atoms. The fourth-order valence-electron chi connectivity index (χ4n) is 3.20. The Morgan fingerprint density at radius 1 is 1.14 bits per heavy atom. The predicted octanol–water partition coefficient (Wildman–Crippen LogP) is 3.39. The molecule has 2 aromatic heterocycles. The molecule has 7 heteroatoms. The molecule has 0 aliphatic carbocycles. The van der Waals surface area contributed by atoms with Gasteiger partial charge in [-0.3, -0.25) is 4.79 Å². The third-order valence-electron chi connectivity index (χ3n) is 4.57. The minimum Gasteiger partial charge on any atom is -0.493 e. The molecule has 0 fully saturated rings. The topological polar surface area (TPSA) is 74.0 Å². The van der Waals surface area contributed by atoms with Crippen molar-refractivity contribution in [3.63, 3.8) is 0 Å². The molecule has 0 saturated heterocycles. The molecule has 1 amide bonds. The first kappa shape index (κ1) is 17.9. The van der Waals surface area contributed by atoms with E-state index in [2.05, 4.69) is 4.98 Å². The number of carbonyl (C=O) groups excluding carboxylic acids is 1. The molecule has 144 valence electrons. The van der Waals surface area contributed by atoms with Gasteiger partial charge in [-0.25, -0.2) is 4.98 Å². The fraction of sp³-hybridized carbons (Fsp3) is 0.238. The first-order valence-corrected chi connectivity index (χ1v) is 8.87. The second-order valence-electron chi connectivity index (χ2n) is 6.28. The van der Waals surface area contributed by atoms with Crippen LogP contribution in [0.25, 0.3) is 11.3 Å². The van der Waals surface area contributed by atoms with Crippen LogP contribution in [-0.2, 0) is 6.54 Å². The van der Waals surface area contributed by atoms with Gasteiger partial charge in [0.1, 0.15) is 6.61 Å². The number of benzene rings is 1. The summed E-state index contributed by atoms with van der Waals surface area (Å²) < 4.78 is 21.9. The molecule has 0 unspecified atom stereocenters. The Bertz CT molecular complexity index is 984. The highest BCUT2D eigenvalue weighted by atomic mass is 16.5. The van der Waals surface area contributed by atoms with Gasteiger partial charge in [-0.05, 0) is 30.3 Å². The van der Waals surface area contributed by atoms with Crippen molar-refractivity contribution < 1.29 is 23.4 Å². The minimum atomic E-state index is -0.176. The maximum atomic E-state index is 12.7. The number of hydrogen-bond acceptors (Lipinski definition) is 6. The smallest absolute Gasteiger partial charge is 0.289 e. The summed E-state index contributed by atoms with van der Waals surface area (Å²) in [6, 6.07) is 12.8. The molecular weight excluding hydrogens is 360 g/mol. The Balaban J connectivity index is 1.73. The Morgan fingerprint density at radius 3 is 2.79 bits per heavy atom. The van der Waals surface area contributed by atoms with Crippen LogP contribution in [0.15, 0.2) is 53.1 Å². The quantitative estimate of drug-likeness (QED) is 0.691. The molecular formula is C21H20N2O5. The van der Waals surface area contributed by atoms with E-state index in [4.69, 9.17) is 18.6 Å². The maximum absolute atomic E-state index is 12.7. The largest absolute Gasteiger partial charge is 0.493 e. The summed E-state index contributed by atoms with van der Waals surface area (Å²) in [5, 5.41) is 0. The van der Waals surface area contributed by atoms with Crippen LogP contribution in [0.4, 0.5) is 0 Å². The lowest BCUT2D eigenvalue weighted by Gasteiger charge is -2.19. The molecule has 0 saturated carbocycles. The molecule has 3 aromatic rings. The van der Waals surface area contributed by atoms with Gasteiger partial charge in [0.25, 0.3) is 5.91 Å². The molecule has 0 spiro atoms. The van der Waals surface area contributed by atoms with Crippen LogP contribution in [0.3, 0.4) is 0 Å². The molecule has 1 aromatic carbocycles. The number of amides is 1. The average molecular weight is 380 g/mol. The number of methoxy groups -OCH3 is 2.